The first-order valence-electron chi connectivity index (χ1n) is 6.48. The summed E-state index contributed by atoms with van der Waals surface area (Å²) < 4.78 is 10.5. The van der Waals surface area contributed by atoms with Crippen molar-refractivity contribution >= 4 is 11.8 Å². The molecule has 1 rings (SSSR count). The topological polar surface area (TPSA) is 93.8 Å². The molecule has 1 amide bonds. The number of nitrogens with one attached hydrogen (secondary N) is 1. The van der Waals surface area contributed by atoms with Crippen molar-refractivity contribution in [2.24, 2.45) is 5.73 Å². The van der Waals surface area contributed by atoms with Crippen LogP contribution in [-0.2, 0) is 4.74 Å². The molecule has 0 atom stereocenters. The predicted octanol–water partition coefficient (Wildman–Crippen LogP) is 2.47. The lowest BCUT2D eigenvalue weighted by molar-refractivity contribution is 0.0636. The summed E-state index contributed by atoms with van der Waals surface area (Å²) in [5.41, 5.74) is 5.29. The van der Waals surface area contributed by atoms with E-state index in [1.807, 2.05) is 0 Å². The third-order valence-electron chi connectivity index (χ3n) is 2.21. The second-order valence-electron chi connectivity index (χ2n) is 5.30. The molecule has 0 aliphatic heterocycles. The fraction of sp³-hybridized carbons (Fsp3) is 0.500. The second-order valence-corrected chi connectivity index (χ2v) is 5.30. The number of phenols is 1. The fourth-order valence-electron chi connectivity index (χ4n) is 1.39. The van der Waals surface area contributed by atoms with E-state index in [-0.39, 0.29) is 5.75 Å². The van der Waals surface area contributed by atoms with Crippen molar-refractivity contribution in [1.82, 2.24) is 0 Å². The molecule has 0 unspecified atom stereocenters. The highest BCUT2D eigenvalue weighted by molar-refractivity contribution is 5.85. The smallest absolute Gasteiger partial charge is 0.412 e. The van der Waals surface area contributed by atoms with Gasteiger partial charge in [0, 0.05) is 11.8 Å². The number of rotatable bonds is 5. The summed E-state index contributed by atoms with van der Waals surface area (Å²) in [6.07, 6.45) is 0.125. The molecule has 0 aromatic heterocycles. The van der Waals surface area contributed by atoms with Gasteiger partial charge in [-0.25, -0.2) is 4.79 Å². The Kier molecular flexibility index (Phi) is 5.64. The minimum atomic E-state index is -0.568. The molecular formula is C14H22N2O4. The molecule has 0 spiro atoms. The molecule has 20 heavy (non-hydrogen) atoms. The van der Waals surface area contributed by atoms with Crippen molar-refractivity contribution in [3.05, 3.63) is 18.2 Å². The zero-order valence-corrected chi connectivity index (χ0v) is 12.1. The number of phenolic OH excluding ortho intramolecular Hbond substituents is 1. The van der Waals surface area contributed by atoms with E-state index in [1.54, 1.807) is 26.8 Å². The maximum atomic E-state index is 11.6. The molecule has 0 saturated carbocycles. The SMILES string of the molecule is CC(C)(C)OC(=O)Nc1ccc(O)c(OCCCN)c1. The first kappa shape index (κ1) is 16.1. The van der Waals surface area contributed by atoms with Gasteiger partial charge in [0.15, 0.2) is 11.5 Å². The Morgan fingerprint density at radius 1 is 1.40 bits per heavy atom. The molecule has 0 fully saturated rings. The third kappa shape index (κ3) is 5.79. The van der Waals surface area contributed by atoms with Crippen LogP contribution in [0.15, 0.2) is 18.2 Å². The van der Waals surface area contributed by atoms with Crippen LogP contribution in [0.25, 0.3) is 0 Å². The van der Waals surface area contributed by atoms with E-state index < -0.39 is 11.7 Å². The lowest BCUT2D eigenvalue weighted by Gasteiger charge is -2.20. The number of carbonyl (C=O) groups excluding carboxylic acids is 1. The molecule has 0 aliphatic rings. The van der Waals surface area contributed by atoms with Crippen LogP contribution < -0.4 is 15.8 Å². The highest BCUT2D eigenvalue weighted by Gasteiger charge is 2.16. The van der Waals surface area contributed by atoms with Gasteiger partial charge >= 0.3 is 6.09 Å². The zero-order chi connectivity index (χ0) is 15.2. The summed E-state index contributed by atoms with van der Waals surface area (Å²) in [6.45, 7) is 6.26. The van der Waals surface area contributed by atoms with Gasteiger partial charge in [0.2, 0.25) is 0 Å². The molecule has 0 saturated heterocycles. The highest BCUT2D eigenvalue weighted by Crippen LogP contribution is 2.29. The van der Waals surface area contributed by atoms with Crippen LogP contribution >= 0.6 is 0 Å². The van der Waals surface area contributed by atoms with Gasteiger partial charge in [-0.15, -0.1) is 0 Å². The first-order chi connectivity index (χ1) is 9.31. The lowest BCUT2D eigenvalue weighted by atomic mass is 10.2. The third-order valence-corrected chi connectivity index (χ3v) is 2.21. The maximum Gasteiger partial charge on any atom is 0.412 e. The van der Waals surface area contributed by atoms with Crippen LogP contribution in [0.1, 0.15) is 27.2 Å². The Morgan fingerprint density at radius 2 is 2.10 bits per heavy atom. The Hall–Kier alpha value is -1.95. The van der Waals surface area contributed by atoms with Crippen LogP contribution in [-0.4, -0.2) is 30.0 Å². The molecule has 0 aliphatic carbocycles. The minimum Gasteiger partial charge on any atom is -0.504 e. The summed E-state index contributed by atoms with van der Waals surface area (Å²) in [5.74, 6) is 0.309. The average Bonchev–Trinajstić information content (AvgIpc) is 2.31. The van der Waals surface area contributed by atoms with Gasteiger partial charge in [0.25, 0.3) is 0 Å². The van der Waals surface area contributed by atoms with Crippen molar-refractivity contribution in [1.29, 1.82) is 0 Å². The number of hydrogen-bond donors (Lipinski definition) is 3. The monoisotopic (exact) mass is 282 g/mol. The van der Waals surface area contributed by atoms with E-state index in [0.717, 1.165) is 0 Å². The van der Waals surface area contributed by atoms with Crippen LogP contribution in [0.4, 0.5) is 10.5 Å². The van der Waals surface area contributed by atoms with E-state index in [2.05, 4.69) is 5.32 Å². The van der Waals surface area contributed by atoms with Gasteiger partial charge in [-0.05, 0) is 45.9 Å². The number of amides is 1. The second kappa shape index (κ2) is 7.00. The zero-order valence-electron chi connectivity index (χ0n) is 12.1. The maximum absolute atomic E-state index is 11.6. The quantitative estimate of drug-likeness (QED) is 0.569. The molecule has 0 bridgehead atoms. The van der Waals surface area contributed by atoms with E-state index in [4.69, 9.17) is 15.2 Å². The average molecular weight is 282 g/mol. The fourth-order valence-corrected chi connectivity index (χ4v) is 1.39. The van der Waals surface area contributed by atoms with Crippen molar-refractivity contribution in [2.75, 3.05) is 18.5 Å². The number of hydrogen-bond acceptors (Lipinski definition) is 5. The van der Waals surface area contributed by atoms with Crippen LogP contribution in [0.5, 0.6) is 11.5 Å². The van der Waals surface area contributed by atoms with E-state index >= 15 is 0 Å². The molecule has 4 N–H and O–H groups in total. The van der Waals surface area contributed by atoms with Crippen molar-refractivity contribution in [3.63, 3.8) is 0 Å². The van der Waals surface area contributed by atoms with Gasteiger partial charge in [-0.3, -0.25) is 5.32 Å². The number of carbonyl (C=O) groups is 1. The van der Waals surface area contributed by atoms with Gasteiger partial charge in [-0.1, -0.05) is 0 Å². The summed E-state index contributed by atoms with van der Waals surface area (Å²) in [4.78, 5) is 11.6. The molecule has 0 radical (unpaired) electrons. The summed E-state index contributed by atoms with van der Waals surface area (Å²) in [7, 11) is 0. The number of nitrogens with two attached hydrogens (primary N) is 1. The van der Waals surface area contributed by atoms with Gasteiger partial charge in [-0.2, -0.15) is 0 Å². The Bertz CT molecular complexity index is 455. The lowest BCUT2D eigenvalue weighted by Crippen LogP contribution is -2.27. The predicted molar refractivity (Wildman–Crippen MR) is 77.1 cm³/mol. The van der Waals surface area contributed by atoms with Crippen LogP contribution in [0, 0.1) is 0 Å². The number of benzene rings is 1. The van der Waals surface area contributed by atoms with E-state index in [1.165, 1.54) is 12.1 Å². The summed E-state index contributed by atoms with van der Waals surface area (Å²) in [5, 5.41) is 12.2. The normalized spacial score (nSPS) is 11.0. The van der Waals surface area contributed by atoms with Crippen molar-refractivity contribution < 1.29 is 19.4 Å². The first-order valence-corrected chi connectivity index (χ1v) is 6.48. The standard InChI is InChI=1S/C14H22N2O4/c1-14(2,3)20-13(18)16-10-5-6-11(17)12(9-10)19-8-4-7-15/h5-6,9,17H,4,7-8,15H2,1-3H3,(H,16,18). The molecule has 6 nitrogen and oxygen atoms in total. The Balaban J connectivity index is 2.67. The van der Waals surface area contributed by atoms with Crippen molar-refractivity contribution in [2.45, 2.75) is 32.8 Å². The summed E-state index contributed by atoms with van der Waals surface area (Å²) >= 11 is 0. The highest BCUT2D eigenvalue weighted by atomic mass is 16.6. The Labute approximate surface area is 118 Å². The van der Waals surface area contributed by atoms with Gasteiger partial charge in [0.1, 0.15) is 5.60 Å². The molecule has 112 valence electrons. The van der Waals surface area contributed by atoms with E-state index in [9.17, 15) is 9.90 Å². The molecule has 1 aromatic rings. The summed E-state index contributed by atoms with van der Waals surface area (Å²) in [6, 6.07) is 4.55. The number of aromatic hydroxyl groups is 1. The minimum absolute atomic E-state index is 0.0109. The molecule has 1 aromatic carbocycles. The van der Waals surface area contributed by atoms with E-state index in [0.29, 0.717) is 31.0 Å². The van der Waals surface area contributed by atoms with Crippen molar-refractivity contribution in [3.8, 4) is 11.5 Å². The van der Waals surface area contributed by atoms with Crippen LogP contribution in [0.3, 0.4) is 0 Å². The largest absolute Gasteiger partial charge is 0.504 e. The Morgan fingerprint density at radius 3 is 2.70 bits per heavy atom. The molecule has 6 heteroatoms. The number of ether oxygens (including phenoxy) is 2. The molecule has 0 heterocycles. The molecular weight excluding hydrogens is 260 g/mol. The number of anilines is 1. The van der Waals surface area contributed by atoms with Gasteiger partial charge < -0.3 is 20.3 Å². The van der Waals surface area contributed by atoms with Gasteiger partial charge in [0.05, 0.1) is 6.61 Å². The van der Waals surface area contributed by atoms with Crippen LogP contribution in [0.2, 0.25) is 0 Å².